The van der Waals surface area contributed by atoms with Crippen LogP contribution in [0.5, 0.6) is 5.75 Å². The molecule has 31 heavy (non-hydrogen) atoms. The van der Waals surface area contributed by atoms with Crippen LogP contribution in [0.3, 0.4) is 0 Å². The molecule has 1 aliphatic heterocycles. The highest BCUT2D eigenvalue weighted by Gasteiger charge is 2.37. The van der Waals surface area contributed by atoms with Gasteiger partial charge in [0.1, 0.15) is 24.1 Å². The Morgan fingerprint density at radius 1 is 0.839 bits per heavy atom. The van der Waals surface area contributed by atoms with Gasteiger partial charge in [-0.05, 0) is 36.2 Å². The molecule has 1 amide bonds. The summed E-state index contributed by atoms with van der Waals surface area (Å²) in [6.45, 7) is 2.63. The SMILES string of the molecule is CC1C(=O)n2c(cc3ccc(OCc4ccccc4)cc32)C(=O)N1Cc1ccccc1. The van der Waals surface area contributed by atoms with Gasteiger partial charge in [-0.25, -0.2) is 0 Å². The summed E-state index contributed by atoms with van der Waals surface area (Å²) in [5.41, 5.74) is 3.16. The monoisotopic (exact) mass is 410 g/mol. The largest absolute Gasteiger partial charge is 0.489 e. The second kappa shape index (κ2) is 7.76. The van der Waals surface area contributed by atoms with Crippen molar-refractivity contribution >= 4 is 22.7 Å². The minimum atomic E-state index is -0.551. The van der Waals surface area contributed by atoms with Crippen molar-refractivity contribution in [1.29, 1.82) is 0 Å². The van der Waals surface area contributed by atoms with Crippen molar-refractivity contribution in [2.45, 2.75) is 26.1 Å². The predicted molar refractivity (Wildman–Crippen MR) is 119 cm³/mol. The predicted octanol–water partition coefficient (Wildman–Crippen LogP) is 4.91. The molecule has 3 aromatic carbocycles. The van der Waals surface area contributed by atoms with E-state index in [1.807, 2.05) is 78.9 Å². The first-order valence-electron chi connectivity index (χ1n) is 10.3. The van der Waals surface area contributed by atoms with E-state index < -0.39 is 6.04 Å². The Balaban J connectivity index is 1.47. The van der Waals surface area contributed by atoms with Crippen LogP contribution < -0.4 is 4.74 Å². The fraction of sp³-hybridized carbons (Fsp3) is 0.154. The van der Waals surface area contributed by atoms with Gasteiger partial charge in [0.05, 0.1) is 5.52 Å². The molecule has 0 spiro atoms. The standard InChI is InChI=1S/C26H22N2O3/c1-18-25(29)28-23-15-22(31-17-20-10-6-3-7-11-20)13-12-21(23)14-24(28)26(30)27(18)16-19-8-4-2-5-9-19/h2-15,18H,16-17H2,1H3. The molecule has 1 aromatic heterocycles. The molecule has 0 bridgehead atoms. The van der Waals surface area contributed by atoms with Crippen LogP contribution in [0.2, 0.25) is 0 Å². The molecule has 5 nitrogen and oxygen atoms in total. The van der Waals surface area contributed by atoms with E-state index in [0.717, 1.165) is 16.5 Å². The van der Waals surface area contributed by atoms with Crippen LogP contribution in [-0.4, -0.2) is 27.3 Å². The van der Waals surface area contributed by atoms with Gasteiger partial charge in [-0.15, -0.1) is 0 Å². The lowest BCUT2D eigenvalue weighted by Crippen LogP contribution is -2.50. The molecule has 0 saturated carbocycles. The Labute approximate surface area is 180 Å². The second-order valence-electron chi connectivity index (χ2n) is 7.79. The zero-order chi connectivity index (χ0) is 21.4. The summed E-state index contributed by atoms with van der Waals surface area (Å²) >= 11 is 0. The molecule has 0 N–H and O–H groups in total. The molecule has 2 heterocycles. The molecule has 5 rings (SSSR count). The molecule has 1 unspecified atom stereocenters. The molecule has 0 radical (unpaired) electrons. The highest BCUT2D eigenvalue weighted by atomic mass is 16.5. The van der Waals surface area contributed by atoms with Gasteiger partial charge in [-0.1, -0.05) is 60.7 Å². The van der Waals surface area contributed by atoms with E-state index in [9.17, 15) is 9.59 Å². The van der Waals surface area contributed by atoms with E-state index in [4.69, 9.17) is 4.74 Å². The lowest BCUT2D eigenvalue weighted by Gasteiger charge is -2.33. The van der Waals surface area contributed by atoms with Crippen LogP contribution >= 0.6 is 0 Å². The maximum atomic E-state index is 13.3. The second-order valence-corrected chi connectivity index (χ2v) is 7.79. The summed E-state index contributed by atoms with van der Waals surface area (Å²) in [4.78, 5) is 28.2. The number of nitrogens with zero attached hydrogens (tertiary/aromatic N) is 2. The fourth-order valence-electron chi connectivity index (χ4n) is 4.04. The van der Waals surface area contributed by atoms with E-state index in [0.29, 0.717) is 30.1 Å². The average molecular weight is 410 g/mol. The number of benzene rings is 3. The molecule has 0 aliphatic carbocycles. The number of hydrogen-bond acceptors (Lipinski definition) is 3. The number of hydrogen-bond donors (Lipinski definition) is 0. The summed E-state index contributed by atoms with van der Waals surface area (Å²) < 4.78 is 7.47. The third-order valence-electron chi connectivity index (χ3n) is 5.75. The van der Waals surface area contributed by atoms with Gasteiger partial charge >= 0.3 is 0 Å². The van der Waals surface area contributed by atoms with E-state index in [2.05, 4.69) is 0 Å². The topological polar surface area (TPSA) is 51.5 Å². The minimum absolute atomic E-state index is 0.110. The zero-order valence-electron chi connectivity index (χ0n) is 17.2. The van der Waals surface area contributed by atoms with Gasteiger partial charge in [0.2, 0.25) is 0 Å². The number of carbonyl (C=O) groups is 2. The van der Waals surface area contributed by atoms with Crippen LogP contribution in [0.25, 0.3) is 10.9 Å². The first-order valence-corrected chi connectivity index (χ1v) is 10.3. The third kappa shape index (κ3) is 3.48. The molecule has 154 valence electrons. The van der Waals surface area contributed by atoms with Gasteiger partial charge in [-0.3, -0.25) is 14.2 Å². The number of fused-ring (bicyclic) bond motifs is 3. The smallest absolute Gasteiger partial charge is 0.271 e. The van der Waals surface area contributed by atoms with Crippen molar-refractivity contribution in [3.63, 3.8) is 0 Å². The number of carbonyl (C=O) groups excluding carboxylic acids is 2. The number of amides is 1. The average Bonchev–Trinajstić information content (AvgIpc) is 3.19. The van der Waals surface area contributed by atoms with Crippen molar-refractivity contribution in [1.82, 2.24) is 9.47 Å². The number of ether oxygens (including phenoxy) is 1. The van der Waals surface area contributed by atoms with Crippen LogP contribution in [0.15, 0.2) is 84.9 Å². The number of rotatable bonds is 5. The summed E-state index contributed by atoms with van der Waals surface area (Å²) in [6.07, 6.45) is 0. The van der Waals surface area contributed by atoms with E-state index >= 15 is 0 Å². The minimum Gasteiger partial charge on any atom is -0.489 e. The van der Waals surface area contributed by atoms with E-state index in [-0.39, 0.29) is 11.8 Å². The van der Waals surface area contributed by atoms with Crippen molar-refractivity contribution in [3.05, 3.63) is 102 Å². The van der Waals surface area contributed by atoms with Gasteiger partial charge < -0.3 is 9.64 Å². The molecular weight excluding hydrogens is 388 g/mol. The summed E-state index contributed by atoms with van der Waals surface area (Å²) in [7, 11) is 0. The molecule has 1 aliphatic rings. The van der Waals surface area contributed by atoms with Gasteiger partial charge in [0.15, 0.2) is 0 Å². The lowest BCUT2D eigenvalue weighted by molar-refractivity contribution is 0.0513. The zero-order valence-corrected chi connectivity index (χ0v) is 17.2. The van der Waals surface area contributed by atoms with Crippen molar-refractivity contribution in [3.8, 4) is 5.75 Å². The molecule has 0 saturated heterocycles. The molecule has 5 heteroatoms. The first-order chi connectivity index (χ1) is 15.1. The summed E-state index contributed by atoms with van der Waals surface area (Å²) in [5.74, 6) is 0.413. The molecule has 1 atom stereocenters. The maximum Gasteiger partial charge on any atom is 0.271 e. The lowest BCUT2D eigenvalue weighted by atomic mass is 10.1. The van der Waals surface area contributed by atoms with Gasteiger partial charge in [0, 0.05) is 18.0 Å². The Morgan fingerprint density at radius 2 is 1.52 bits per heavy atom. The third-order valence-corrected chi connectivity index (χ3v) is 5.75. The van der Waals surface area contributed by atoms with Crippen LogP contribution in [-0.2, 0) is 13.2 Å². The van der Waals surface area contributed by atoms with Gasteiger partial charge in [-0.2, -0.15) is 0 Å². The van der Waals surface area contributed by atoms with Crippen LogP contribution in [0.4, 0.5) is 0 Å². The summed E-state index contributed by atoms with van der Waals surface area (Å²) in [5, 5.41) is 0.845. The highest BCUT2D eigenvalue weighted by molar-refractivity contribution is 6.10. The normalized spacial score (nSPS) is 15.9. The van der Waals surface area contributed by atoms with E-state index in [1.54, 1.807) is 22.5 Å². The van der Waals surface area contributed by atoms with Gasteiger partial charge in [0.25, 0.3) is 11.8 Å². The van der Waals surface area contributed by atoms with Crippen LogP contribution in [0.1, 0.15) is 33.3 Å². The quantitative estimate of drug-likeness (QED) is 0.470. The summed E-state index contributed by atoms with van der Waals surface area (Å²) in [6, 6.07) is 26.5. The van der Waals surface area contributed by atoms with Crippen LogP contribution in [0, 0.1) is 0 Å². The van der Waals surface area contributed by atoms with Crippen molar-refractivity contribution < 1.29 is 14.3 Å². The van der Waals surface area contributed by atoms with Crippen molar-refractivity contribution in [2.75, 3.05) is 0 Å². The maximum absolute atomic E-state index is 13.3. The Hall–Kier alpha value is -3.86. The highest BCUT2D eigenvalue weighted by Crippen LogP contribution is 2.30. The Kier molecular flexibility index (Phi) is 4.79. The molecule has 4 aromatic rings. The fourth-order valence-corrected chi connectivity index (χ4v) is 4.04. The molecule has 0 fully saturated rings. The Bertz CT molecular complexity index is 1260. The van der Waals surface area contributed by atoms with E-state index in [1.165, 1.54) is 0 Å². The number of aromatic nitrogens is 1. The van der Waals surface area contributed by atoms with Crippen molar-refractivity contribution in [2.24, 2.45) is 0 Å². The Morgan fingerprint density at radius 3 is 2.23 bits per heavy atom. The molecular formula is C26H22N2O3. The first kappa shape index (κ1) is 19.1.